The van der Waals surface area contributed by atoms with Crippen molar-refractivity contribution in [1.29, 1.82) is 0 Å². The van der Waals surface area contributed by atoms with Crippen molar-refractivity contribution in [3.05, 3.63) is 0 Å². The van der Waals surface area contributed by atoms with Crippen LogP contribution in [0.5, 0.6) is 0 Å². The van der Waals surface area contributed by atoms with Crippen LogP contribution >= 0.6 is 0 Å². The molecule has 17 valence electrons. The Hall–Kier alpha value is 3.34. The molecule has 9 radical (unpaired) electrons. The van der Waals surface area contributed by atoms with E-state index in [4.69, 9.17) is 0 Å². The zero-order valence-electron chi connectivity index (χ0n) is 2.73. The molecule has 0 N–H and O–H groups in total. The Morgan fingerprint density at radius 2 is 0.400 bits per heavy atom. The molecule has 0 aromatic rings. The summed E-state index contributed by atoms with van der Waals surface area (Å²) in [4.78, 5) is 0. The SMILES string of the molecule is [Ga].[Ga].[Ga].[Ti].[Ti]. The van der Waals surface area contributed by atoms with Gasteiger partial charge in [-0.1, -0.05) is 0 Å². The Kier molecular flexibility index (Phi) is 213. The first-order chi connectivity index (χ1) is 0. The molecule has 0 spiro atoms. The van der Waals surface area contributed by atoms with Crippen molar-refractivity contribution < 1.29 is 43.4 Å². The van der Waals surface area contributed by atoms with E-state index in [9.17, 15) is 0 Å². The minimum atomic E-state index is 0. The van der Waals surface area contributed by atoms with E-state index in [1.165, 1.54) is 0 Å². The molecule has 0 amide bonds. The summed E-state index contributed by atoms with van der Waals surface area (Å²) in [5, 5.41) is 0. The van der Waals surface area contributed by atoms with Gasteiger partial charge in [-0.25, -0.2) is 0 Å². The third kappa shape index (κ3) is 18.8. The fourth-order valence-corrected chi connectivity index (χ4v) is 0. The number of hydrogen-bond acceptors (Lipinski definition) is 0. The molecule has 0 nitrogen and oxygen atoms in total. The van der Waals surface area contributed by atoms with Gasteiger partial charge in [0.25, 0.3) is 0 Å². The maximum absolute atomic E-state index is 0. The Bertz CT molecular complexity index is 4.85. The normalized spacial score (nSPS) is 0. The summed E-state index contributed by atoms with van der Waals surface area (Å²) in [6.45, 7) is 0. The van der Waals surface area contributed by atoms with Gasteiger partial charge in [-0.3, -0.25) is 0 Å². The predicted molar refractivity (Wildman–Crippen MR) is 17.3 cm³/mol. The monoisotopic (exact) mass is 303 g/mol. The first-order valence-electron chi connectivity index (χ1n) is 0. The summed E-state index contributed by atoms with van der Waals surface area (Å²) in [5.74, 6) is 0. The average molecular weight is 305 g/mol. The summed E-state index contributed by atoms with van der Waals surface area (Å²) in [6, 6.07) is 0. The molecule has 5 heavy (non-hydrogen) atoms. The molecule has 5 heteroatoms. The fraction of sp³-hybridized carbons (Fsp3) is 0. The van der Waals surface area contributed by atoms with Crippen molar-refractivity contribution >= 4 is 59.4 Å². The maximum Gasteiger partial charge on any atom is 0 e. The van der Waals surface area contributed by atoms with Gasteiger partial charge >= 0.3 is 0 Å². The van der Waals surface area contributed by atoms with Crippen molar-refractivity contribution in [3.8, 4) is 0 Å². The van der Waals surface area contributed by atoms with Crippen LogP contribution in [0.25, 0.3) is 0 Å². The van der Waals surface area contributed by atoms with E-state index in [0.29, 0.717) is 0 Å². The molecule has 0 atom stereocenters. The van der Waals surface area contributed by atoms with Crippen LogP contribution in [-0.4, -0.2) is 59.4 Å². The van der Waals surface area contributed by atoms with E-state index >= 15 is 0 Å². The summed E-state index contributed by atoms with van der Waals surface area (Å²) in [6.07, 6.45) is 0. The van der Waals surface area contributed by atoms with Crippen molar-refractivity contribution in [1.82, 2.24) is 0 Å². The van der Waals surface area contributed by atoms with Gasteiger partial charge in [0, 0.05) is 103 Å². The Labute approximate surface area is 101 Å². The minimum Gasteiger partial charge on any atom is 0 e. The summed E-state index contributed by atoms with van der Waals surface area (Å²) < 4.78 is 0. The second kappa shape index (κ2) is 26.5. The van der Waals surface area contributed by atoms with Gasteiger partial charge in [0.15, 0.2) is 0 Å². The van der Waals surface area contributed by atoms with Crippen molar-refractivity contribution in [3.63, 3.8) is 0 Å². The van der Waals surface area contributed by atoms with E-state index in [1.54, 1.807) is 0 Å². The molecule has 0 unspecified atom stereocenters. The van der Waals surface area contributed by atoms with E-state index in [0.717, 1.165) is 0 Å². The third-order valence-electron chi connectivity index (χ3n) is 0. The first-order valence-corrected chi connectivity index (χ1v) is 0. The standard InChI is InChI=1S/3Ga.2Ti. The van der Waals surface area contributed by atoms with E-state index < -0.39 is 0 Å². The van der Waals surface area contributed by atoms with Crippen LogP contribution in [-0.2, 0) is 43.4 Å². The predicted octanol–water partition coefficient (Wildman–Crippen LogP) is -1.15. The number of hydrogen-bond donors (Lipinski definition) is 0. The van der Waals surface area contributed by atoms with Crippen LogP contribution in [0.1, 0.15) is 0 Å². The van der Waals surface area contributed by atoms with E-state index in [2.05, 4.69) is 0 Å². The third-order valence-corrected chi connectivity index (χ3v) is 0. The van der Waals surface area contributed by atoms with Gasteiger partial charge in [0.05, 0.1) is 0 Å². The molecular weight excluding hydrogens is 305 g/mol. The molecule has 0 aliphatic heterocycles. The molecule has 0 saturated heterocycles. The molecule has 0 saturated carbocycles. The fourth-order valence-electron chi connectivity index (χ4n) is 0. The maximum atomic E-state index is 0. The van der Waals surface area contributed by atoms with Gasteiger partial charge in [0.1, 0.15) is 0 Å². The second-order valence-electron chi connectivity index (χ2n) is 0. The topological polar surface area (TPSA) is 0 Å². The van der Waals surface area contributed by atoms with Crippen LogP contribution in [0, 0.1) is 0 Å². The van der Waals surface area contributed by atoms with Crippen LogP contribution in [0.2, 0.25) is 0 Å². The van der Waals surface area contributed by atoms with Crippen molar-refractivity contribution in [2.45, 2.75) is 0 Å². The molecular formula is Ga3Ti2. The van der Waals surface area contributed by atoms with E-state index in [1.807, 2.05) is 0 Å². The molecule has 0 aliphatic rings. The Morgan fingerprint density at radius 3 is 0.400 bits per heavy atom. The van der Waals surface area contributed by atoms with Crippen LogP contribution in [0.4, 0.5) is 0 Å². The summed E-state index contributed by atoms with van der Waals surface area (Å²) in [5.41, 5.74) is 0. The first kappa shape index (κ1) is 40.3. The van der Waals surface area contributed by atoms with Gasteiger partial charge < -0.3 is 0 Å². The van der Waals surface area contributed by atoms with Crippen LogP contribution < -0.4 is 0 Å². The smallest absolute Gasteiger partial charge is 0 e. The molecule has 0 rings (SSSR count). The van der Waals surface area contributed by atoms with Crippen molar-refractivity contribution in [2.24, 2.45) is 0 Å². The van der Waals surface area contributed by atoms with Crippen LogP contribution in [0.3, 0.4) is 0 Å². The second-order valence-corrected chi connectivity index (χ2v) is 0. The minimum absolute atomic E-state index is 0. The molecule has 0 fully saturated rings. The summed E-state index contributed by atoms with van der Waals surface area (Å²) in [7, 11) is 0. The van der Waals surface area contributed by atoms with Crippen LogP contribution in [0.15, 0.2) is 0 Å². The molecule has 0 aliphatic carbocycles. The average Bonchev–Trinajstić information content (AvgIpc) is 0. The van der Waals surface area contributed by atoms with Gasteiger partial charge in [0.2, 0.25) is 0 Å². The van der Waals surface area contributed by atoms with E-state index in [-0.39, 0.29) is 103 Å². The zero-order valence-corrected chi connectivity index (χ0v) is 13.1. The van der Waals surface area contributed by atoms with Gasteiger partial charge in [-0.2, -0.15) is 0 Å². The molecule has 0 aromatic heterocycles. The quantitative estimate of drug-likeness (QED) is 0.496. The van der Waals surface area contributed by atoms with Gasteiger partial charge in [-0.15, -0.1) is 0 Å². The van der Waals surface area contributed by atoms with Gasteiger partial charge in [-0.05, 0) is 0 Å². The molecule has 0 aromatic carbocycles. The Balaban J connectivity index is 0. The largest absolute Gasteiger partial charge is 0 e. The van der Waals surface area contributed by atoms with Crippen molar-refractivity contribution in [2.75, 3.05) is 0 Å². The summed E-state index contributed by atoms with van der Waals surface area (Å²) >= 11 is 0. The zero-order chi connectivity index (χ0) is 0. The Morgan fingerprint density at radius 1 is 0.400 bits per heavy atom. The molecule has 0 bridgehead atoms. The number of rotatable bonds is 0. The molecule has 0 heterocycles.